The molecule has 1 amide bonds. The molecule has 0 aromatic heterocycles. The van der Waals surface area contributed by atoms with E-state index in [-0.39, 0.29) is 5.91 Å². The molecule has 0 spiro atoms. The van der Waals surface area contributed by atoms with Gasteiger partial charge in [0, 0.05) is 25.3 Å². The van der Waals surface area contributed by atoms with E-state index >= 15 is 0 Å². The van der Waals surface area contributed by atoms with Crippen molar-refractivity contribution in [3.05, 3.63) is 29.8 Å². The minimum Gasteiger partial charge on any atom is -0.384 e. The summed E-state index contributed by atoms with van der Waals surface area (Å²) in [5.74, 6) is -0.323. The molecule has 2 N–H and O–H groups in total. The maximum atomic E-state index is 11.2. The smallest absolute Gasteiger partial charge is 0.248 e. The van der Waals surface area contributed by atoms with Gasteiger partial charge in [-0.05, 0) is 32.4 Å². The van der Waals surface area contributed by atoms with Gasteiger partial charge in [-0.2, -0.15) is 0 Å². The summed E-state index contributed by atoms with van der Waals surface area (Å²) in [4.78, 5) is 13.4. The molecule has 4 nitrogen and oxygen atoms in total. The third-order valence-electron chi connectivity index (χ3n) is 2.90. The fraction of sp³-hybridized carbons (Fsp3) is 0.500. The van der Waals surface area contributed by atoms with Crippen LogP contribution in [-0.2, 0) is 4.79 Å². The van der Waals surface area contributed by atoms with Gasteiger partial charge in [-0.25, -0.2) is 0 Å². The van der Waals surface area contributed by atoms with Gasteiger partial charge in [0.1, 0.15) is 6.10 Å². The molecule has 0 bridgehead atoms. The lowest BCUT2D eigenvalue weighted by Gasteiger charge is -2.25. The number of rotatable bonds is 6. The number of nitrogens with one attached hydrogen (secondary N) is 1. The number of carbonyl (C=O) groups is 1. The number of para-hydroxylation sites is 1. The number of hydrogen-bond acceptors (Lipinski definition) is 3. The number of aliphatic hydroxyl groups excluding tert-OH is 1. The SMILES string of the molecule is CCN(CCNC(=O)C(C)O)c1ccccc1C. The van der Waals surface area contributed by atoms with Gasteiger partial charge in [0.15, 0.2) is 0 Å². The molecule has 0 radical (unpaired) electrons. The minimum atomic E-state index is -0.946. The number of carbonyl (C=O) groups excluding carboxylic acids is 1. The Hall–Kier alpha value is -1.55. The zero-order valence-corrected chi connectivity index (χ0v) is 11.3. The van der Waals surface area contributed by atoms with Gasteiger partial charge < -0.3 is 15.3 Å². The molecule has 1 aromatic carbocycles. The Morgan fingerprint density at radius 3 is 2.67 bits per heavy atom. The lowest BCUT2D eigenvalue weighted by molar-refractivity contribution is -0.128. The largest absolute Gasteiger partial charge is 0.384 e. The molecule has 0 aliphatic carbocycles. The molecular formula is C14H22N2O2. The van der Waals surface area contributed by atoms with Crippen molar-refractivity contribution in [2.45, 2.75) is 26.9 Å². The highest BCUT2D eigenvalue weighted by atomic mass is 16.3. The van der Waals surface area contributed by atoms with E-state index in [0.29, 0.717) is 6.54 Å². The van der Waals surface area contributed by atoms with Crippen molar-refractivity contribution < 1.29 is 9.90 Å². The first-order chi connectivity index (χ1) is 8.56. The zero-order chi connectivity index (χ0) is 13.5. The fourth-order valence-electron chi connectivity index (χ4n) is 1.83. The first-order valence-corrected chi connectivity index (χ1v) is 6.32. The summed E-state index contributed by atoms with van der Waals surface area (Å²) >= 11 is 0. The summed E-state index contributed by atoms with van der Waals surface area (Å²) in [6.45, 7) is 7.78. The summed E-state index contributed by atoms with van der Waals surface area (Å²) < 4.78 is 0. The Morgan fingerprint density at radius 2 is 2.11 bits per heavy atom. The van der Waals surface area contributed by atoms with Gasteiger partial charge in [0.2, 0.25) is 5.91 Å². The van der Waals surface area contributed by atoms with E-state index in [1.54, 1.807) is 0 Å². The van der Waals surface area contributed by atoms with Crippen LogP contribution in [0.5, 0.6) is 0 Å². The van der Waals surface area contributed by atoms with Crippen LogP contribution in [0.25, 0.3) is 0 Å². The zero-order valence-electron chi connectivity index (χ0n) is 11.3. The number of aryl methyl sites for hydroxylation is 1. The highest BCUT2D eigenvalue weighted by Crippen LogP contribution is 2.18. The van der Waals surface area contributed by atoms with Gasteiger partial charge in [0.25, 0.3) is 0 Å². The number of anilines is 1. The van der Waals surface area contributed by atoms with Crippen LogP contribution >= 0.6 is 0 Å². The standard InChI is InChI=1S/C14H22N2O2/c1-4-16(10-9-15-14(18)12(3)17)13-8-6-5-7-11(13)2/h5-8,12,17H,4,9-10H2,1-3H3,(H,15,18). The highest BCUT2D eigenvalue weighted by Gasteiger charge is 2.10. The Balaban J connectivity index is 2.53. The second-order valence-corrected chi connectivity index (χ2v) is 4.33. The molecule has 100 valence electrons. The quantitative estimate of drug-likeness (QED) is 0.800. The van der Waals surface area contributed by atoms with Gasteiger partial charge in [-0.15, -0.1) is 0 Å². The van der Waals surface area contributed by atoms with Crippen LogP contribution < -0.4 is 10.2 Å². The van der Waals surface area contributed by atoms with E-state index < -0.39 is 6.10 Å². The van der Waals surface area contributed by atoms with Crippen molar-refractivity contribution in [2.24, 2.45) is 0 Å². The van der Waals surface area contributed by atoms with Crippen molar-refractivity contribution in [2.75, 3.05) is 24.5 Å². The normalized spacial score (nSPS) is 12.0. The summed E-state index contributed by atoms with van der Waals surface area (Å²) in [6, 6.07) is 8.18. The Labute approximate surface area is 109 Å². The topological polar surface area (TPSA) is 52.6 Å². The summed E-state index contributed by atoms with van der Waals surface area (Å²) in [7, 11) is 0. The second-order valence-electron chi connectivity index (χ2n) is 4.33. The average molecular weight is 250 g/mol. The van der Waals surface area contributed by atoms with Crippen LogP contribution in [0.4, 0.5) is 5.69 Å². The van der Waals surface area contributed by atoms with Gasteiger partial charge in [-0.3, -0.25) is 4.79 Å². The third-order valence-corrected chi connectivity index (χ3v) is 2.90. The van der Waals surface area contributed by atoms with E-state index in [9.17, 15) is 4.79 Å². The van der Waals surface area contributed by atoms with Crippen molar-refractivity contribution >= 4 is 11.6 Å². The first-order valence-electron chi connectivity index (χ1n) is 6.32. The molecule has 0 saturated carbocycles. The maximum absolute atomic E-state index is 11.2. The number of likely N-dealkylation sites (N-methyl/N-ethyl adjacent to an activating group) is 1. The fourth-order valence-corrected chi connectivity index (χ4v) is 1.83. The van der Waals surface area contributed by atoms with Gasteiger partial charge in [0.05, 0.1) is 0 Å². The summed E-state index contributed by atoms with van der Waals surface area (Å²) in [5, 5.41) is 11.8. The molecule has 0 aliphatic rings. The molecule has 0 saturated heterocycles. The van der Waals surface area contributed by atoms with Crippen LogP contribution in [0.1, 0.15) is 19.4 Å². The maximum Gasteiger partial charge on any atom is 0.248 e. The molecule has 1 aromatic rings. The molecule has 0 fully saturated rings. The Kier molecular flexibility index (Phi) is 5.65. The predicted molar refractivity (Wildman–Crippen MR) is 73.8 cm³/mol. The molecule has 0 aliphatic heterocycles. The number of aliphatic hydroxyl groups is 1. The molecule has 1 rings (SSSR count). The molecular weight excluding hydrogens is 228 g/mol. The number of hydrogen-bond donors (Lipinski definition) is 2. The van der Waals surface area contributed by atoms with Crippen LogP contribution in [0, 0.1) is 6.92 Å². The average Bonchev–Trinajstić information content (AvgIpc) is 2.35. The van der Waals surface area contributed by atoms with E-state index in [1.165, 1.54) is 18.2 Å². The van der Waals surface area contributed by atoms with Gasteiger partial charge in [-0.1, -0.05) is 18.2 Å². The third kappa shape index (κ3) is 4.04. The van der Waals surface area contributed by atoms with Crippen LogP contribution in [0.2, 0.25) is 0 Å². The van der Waals surface area contributed by atoms with Crippen molar-refractivity contribution in [3.63, 3.8) is 0 Å². The van der Waals surface area contributed by atoms with Crippen molar-refractivity contribution in [3.8, 4) is 0 Å². The lowest BCUT2D eigenvalue weighted by Crippen LogP contribution is -2.39. The number of nitrogens with zero attached hydrogens (tertiary/aromatic N) is 1. The molecule has 0 heterocycles. The van der Waals surface area contributed by atoms with Crippen LogP contribution in [-0.4, -0.2) is 36.8 Å². The first kappa shape index (κ1) is 14.5. The van der Waals surface area contributed by atoms with E-state index in [2.05, 4.69) is 36.2 Å². The van der Waals surface area contributed by atoms with Crippen molar-refractivity contribution in [1.29, 1.82) is 0 Å². The van der Waals surface area contributed by atoms with Crippen molar-refractivity contribution in [1.82, 2.24) is 5.32 Å². The van der Waals surface area contributed by atoms with Crippen LogP contribution in [0.15, 0.2) is 24.3 Å². The summed E-state index contributed by atoms with van der Waals surface area (Å²) in [5.41, 5.74) is 2.41. The lowest BCUT2D eigenvalue weighted by atomic mass is 10.2. The minimum absolute atomic E-state index is 0.323. The highest BCUT2D eigenvalue weighted by molar-refractivity contribution is 5.79. The predicted octanol–water partition coefficient (Wildman–Crippen LogP) is 1.32. The Bertz CT molecular complexity index is 391. The van der Waals surface area contributed by atoms with E-state index in [1.807, 2.05) is 12.1 Å². The monoisotopic (exact) mass is 250 g/mol. The number of benzene rings is 1. The molecule has 18 heavy (non-hydrogen) atoms. The molecule has 4 heteroatoms. The summed E-state index contributed by atoms with van der Waals surface area (Å²) in [6.07, 6.45) is -0.946. The van der Waals surface area contributed by atoms with E-state index in [0.717, 1.165) is 13.1 Å². The van der Waals surface area contributed by atoms with E-state index in [4.69, 9.17) is 5.11 Å². The van der Waals surface area contributed by atoms with Gasteiger partial charge >= 0.3 is 0 Å². The Morgan fingerprint density at radius 1 is 1.44 bits per heavy atom. The second kappa shape index (κ2) is 7.01. The van der Waals surface area contributed by atoms with Crippen LogP contribution in [0.3, 0.4) is 0 Å². The number of amides is 1. The molecule has 1 atom stereocenters. The molecule has 1 unspecified atom stereocenters.